The van der Waals surface area contributed by atoms with Crippen LogP contribution in [0.4, 0.5) is 4.39 Å². The number of carbonyl (C=O) groups excluding carboxylic acids is 2. The van der Waals surface area contributed by atoms with Gasteiger partial charge in [-0.3, -0.25) is 9.59 Å². The highest BCUT2D eigenvalue weighted by molar-refractivity contribution is 5.96. The summed E-state index contributed by atoms with van der Waals surface area (Å²) in [6.07, 6.45) is 3.88. The largest absolute Gasteiger partial charge is 0.343 e. The minimum absolute atomic E-state index is 0.0297. The molecule has 1 saturated heterocycles. The van der Waals surface area contributed by atoms with Gasteiger partial charge < -0.3 is 10.2 Å². The third-order valence-electron chi connectivity index (χ3n) is 4.81. The molecular formula is C21H23FN2O2. The summed E-state index contributed by atoms with van der Waals surface area (Å²) in [6.45, 7) is 0.711. The van der Waals surface area contributed by atoms with Crippen molar-refractivity contribution in [3.63, 3.8) is 0 Å². The lowest BCUT2D eigenvalue weighted by molar-refractivity contribution is -0.131. The number of rotatable bonds is 6. The van der Waals surface area contributed by atoms with E-state index in [0.717, 1.165) is 32.2 Å². The lowest BCUT2D eigenvalue weighted by Gasteiger charge is -2.25. The summed E-state index contributed by atoms with van der Waals surface area (Å²) < 4.78 is 12.9. The Morgan fingerprint density at radius 2 is 1.81 bits per heavy atom. The number of benzene rings is 2. The molecule has 1 atom stereocenters. The molecule has 0 radical (unpaired) electrons. The van der Waals surface area contributed by atoms with Crippen LogP contribution in [0.25, 0.3) is 0 Å². The predicted molar refractivity (Wildman–Crippen MR) is 98.2 cm³/mol. The second-order valence-corrected chi connectivity index (χ2v) is 6.60. The maximum absolute atomic E-state index is 12.9. The molecule has 26 heavy (non-hydrogen) atoms. The maximum atomic E-state index is 12.9. The molecule has 0 bridgehead atoms. The number of halogens is 1. The van der Waals surface area contributed by atoms with E-state index in [4.69, 9.17) is 0 Å². The summed E-state index contributed by atoms with van der Waals surface area (Å²) in [7, 11) is 0. The molecule has 0 aromatic heterocycles. The SMILES string of the molecule is O=C(NCC(=O)N1CCCC1CCc1ccccc1)c1ccc(F)cc1. The van der Waals surface area contributed by atoms with Gasteiger partial charge in [0.1, 0.15) is 5.82 Å². The summed E-state index contributed by atoms with van der Waals surface area (Å²) >= 11 is 0. The number of amides is 2. The number of nitrogens with one attached hydrogen (secondary N) is 1. The van der Waals surface area contributed by atoms with Crippen LogP contribution in [0.1, 0.15) is 35.2 Å². The second kappa shape index (κ2) is 8.61. The van der Waals surface area contributed by atoms with Gasteiger partial charge in [-0.15, -0.1) is 0 Å². The first-order valence-electron chi connectivity index (χ1n) is 9.00. The van der Waals surface area contributed by atoms with E-state index in [-0.39, 0.29) is 24.4 Å². The Morgan fingerprint density at radius 1 is 1.08 bits per heavy atom. The van der Waals surface area contributed by atoms with Crippen molar-refractivity contribution in [2.45, 2.75) is 31.7 Å². The third kappa shape index (κ3) is 4.69. The van der Waals surface area contributed by atoms with E-state index in [1.54, 1.807) is 0 Å². The first kappa shape index (κ1) is 18.1. The van der Waals surface area contributed by atoms with Crippen molar-refractivity contribution in [3.05, 3.63) is 71.5 Å². The molecule has 1 aliphatic heterocycles. The fraction of sp³-hybridized carbons (Fsp3) is 0.333. The fourth-order valence-corrected chi connectivity index (χ4v) is 3.40. The van der Waals surface area contributed by atoms with Gasteiger partial charge in [-0.05, 0) is 55.5 Å². The summed E-state index contributed by atoms with van der Waals surface area (Å²) in [5.74, 6) is -0.814. The molecule has 1 fully saturated rings. The van der Waals surface area contributed by atoms with E-state index in [2.05, 4.69) is 17.4 Å². The zero-order valence-electron chi connectivity index (χ0n) is 14.7. The highest BCUT2D eigenvalue weighted by atomic mass is 19.1. The Kier molecular flexibility index (Phi) is 6.00. The van der Waals surface area contributed by atoms with Crippen LogP contribution >= 0.6 is 0 Å². The Bertz CT molecular complexity index is 746. The van der Waals surface area contributed by atoms with Crippen LogP contribution in [0.5, 0.6) is 0 Å². The van der Waals surface area contributed by atoms with E-state index < -0.39 is 5.82 Å². The molecule has 1 heterocycles. The molecule has 1 aliphatic rings. The zero-order chi connectivity index (χ0) is 18.4. The molecule has 4 nitrogen and oxygen atoms in total. The van der Waals surface area contributed by atoms with Gasteiger partial charge in [0, 0.05) is 18.2 Å². The number of carbonyl (C=O) groups is 2. The van der Waals surface area contributed by atoms with Crippen LogP contribution < -0.4 is 5.32 Å². The van der Waals surface area contributed by atoms with Crippen LogP contribution in [0.3, 0.4) is 0 Å². The molecule has 0 spiro atoms. The lowest BCUT2D eigenvalue weighted by atomic mass is 10.0. The van der Waals surface area contributed by atoms with Gasteiger partial charge in [-0.25, -0.2) is 4.39 Å². The first-order chi connectivity index (χ1) is 12.6. The predicted octanol–water partition coefficient (Wildman–Crippen LogP) is 3.18. The van der Waals surface area contributed by atoms with Crippen molar-refractivity contribution < 1.29 is 14.0 Å². The van der Waals surface area contributed by atoms with E-state index in [1.165, 1.54) is 29.8 Å². The molecule has 1 unspecified atom stereocenters. The molecule has 3 rings (SSSR count). The summed E-state index contributed by atoms with van der Waals surface area (Å²) in [5, 5.41) is 2.64. The lowest BCUT2D eigenvalue weighted by Crippen LogP contribution is -2.42. The van der Waals surface area contributed by atoms with Gasteiger partial charge in [0.15, 0.2) is 0 Å². The minimum atomic E-state index is -0.393. The molecule has 2 amide bonds. The van der Waals surface area contributed by atoms with E-state index in [1.807, 2.05) is 23.1 Å². The van der Waals surface area contributed by atoms with Gasteiger partial charge in [0.25, 0.3) is 5.91 Å². The molecule has 2 aromatic carbocycles. The minimum Gasteiger partial charge on any atom is -0.343 e. The molecule has 0 saturated carbocycles. The molecule has 5 heteroatoms. The first-order valence-corrected chi connectivity index (χ1v) is 9.00. The Labute approximate surface area is 153 Å². The Morgan fingerprint density at radius 3 is 2.54 bits per heavy atom. The number of hydrogen-bond donors (Lipinski definition) is 1. The van der Waals surface area contributed by atoms with E-state index >= 15 is 0 Å². The number of nitrogens with zero attached hydrogens (tertiary/aromatic N) is 1. The quantitative estimate of drug-likeness (QED) is 0.866. The maximum Gasteiger partial charge on any atom is 0.251 e. The van der Waals surface area contributed by atoms with Gasteiger partial charge in [-0.1, -0.05) is 30.3 Å². The monoisotopic (exact) mass is 354 g/mol. The topological polar surface area (TPSA) is 49.4 Å². The highest BCUT2D eigenvalue weighted by Crippen LogP contribution is 2.22. The number of aryl methyl sites for hydroxylation is 1. The van der Waals surface area contributed by atoms with Crippen molar-refractivity contribution in [3.8, 4) is 0 Å². The van der Waals surface area contributed by atoms with E-state index in [0.29, 0.717) is 5.56 Å². The smallest absolute Gasteiger partial charge is 0.251 e. The van der Waals surface area contributed by atoms with Crippen molar-refractivity contribution in [1.82, 2.24) is 10.2 Å². The van der Waals surface area contributed by atoms with Crippen molar-refractivity contribution in [1.29, 1.82) is 0 Å². The van der Waals surface area contributed by atoms with Gasteiger partial charge in [0.2, 0.25) is 5.91 Å². The van der Waals surface area contributed by atoms with Gasteiger partial charge >= 0.3 is 0 Å². The summed E-state index contributed by atoms with van der Waals surface area (Å²) in [4.78, 5) is 26.5. The Balaban J connectivity index is 1.50. The molecular weight excluding hydrogens is 331 g/mol. The highest BCUT2D eigenvalue weighted by Gasteiger charge is 2.28. The third-order valence-corrected chi connectivity index (χ3v) is 4.81. The number of hydrogen-bond acceptors (Lipinski definition) is 2. The van der Waals surface area contributed by atoms with Gasteiger partial charge in [-0.2, -0.15) is 0 Å². The van der Waals surface area contributed by atoms with Crippen LogP contribution in [0, 0.1) is 5.82 Å². The van der Waals surface area contributed by atoms with Crippen LogP contribution in [0.15, 0.2) is 54.6 Å². The fourth-order valence-electron chi connectivity index (χ4n) is 3.40. The average Bonchev–Trinajstić information content (AvgIpc) is 3.14. The molecule has 136 valence electrons. The molecule has 2 aromatic rings. The zero-order valence-corrected chi connectivity index (χ0v) is 14.7. The summed E-state index contributed by atoms with van der Waals surface area (Å²) in [5.41, 5.74) is 1.62. The van der Waals surface area contributed by atoms with Crippen molar-refractivity contribution in [2.24, 2.45) is 0 Å². The van der Waals surface area contributed by atoms with Crippen LogP contribution in [-0.2, 0) is 11.2 Å². The molecule has 0 aliphatic carbocycles. The standard InChI is InChI=1S/C21H23FN2O2/c22-18-11-9-17(10-12-18)21(26)23-15-20(25)24-14-4-7-19(24)13-8-16-5-2-1-3-6-16/h1-3,5-6,9-12,19H,4,7-8,13-15H2,(H,23,26). The normalized spacial score (nSPS) is 16.5. The average molecular weight is 354 g/mol. The second-order valence-electron chi connectivity index (χ2n) is 6.60. The van der Waals surface area contributed by atoms with Gasteiger partial charge in [0.05, 0.1) is 6.54 Å². The summed E-state index contributed by atoms with van der Waals surface area (Å²) in [6, 6.07) is 15.8. The molecule has 1 N–H and O–H groups in total. The number of likely N-dealkylation sites (tertiary alicyclic amines) is 1. The van der Waals surface area contributed by atoms with Crippen LogP contribution in [-0.4, -0.2) is 35.8 Å². The van der Waals surface area contributed by atoms with E-state index in [9.17, 15) is 14.0 Å². The van der Waals surface area contributed by atoms with Crippen LogP contribution in [0.2, 0.25) is 0 Å². The van der Waals surface area contributed by atoms with Crippen molar-refractivity contribution >= 4 is 11.8 Å². The Hall–Kier alpha value is -2.69. The van der Waals surface area contributed by atoms with Crippen molar-refractivity contribution in [2.75, 3.05) is 13.1 Å².